The molecule has 12 nitrogen and oxygen atoms in total. The largest absolute Gasteiger partial charge is 0.481 e. The molecular formula is C22H32N4O8. The summed E-state index contributed by atoms with van der Waals surface area (Å²) in [6.07, 6.45) is 0.860. The van der Waals surface area contributed by atoms with Crippen molar-refractivity contribution in [3.05, 3.63) is 29.8 Å². The molecule has 0 saturated heterocycles. The van der Waals surface area contributed by atoms with Crippen molar-refractivity contribution in [1.29, 1.82) is 0 Å². The minimum atomic E-state index is -1.66. The van der Waals surface area contributed by atoms with Crippen molar-refractivity contribution in [2.45, 2.75) is 52.0 Å². The first-order chi connectivity index (χ1) is 16.0. The number of carbonyl (C=O) groups excluding carboxylic acids is 3. The van der Waals surface area contributed by atoms with E-state index in [2.05, 4.69) is 16.0 Å². The average Bonchev–Trinajstić information content (AvgIpc) is 2.78. The van der Waals surface area contributed by atoms with E-state index >= 15 is 0 Å². The van der Waals surface area contributed by atoms with E-state index in [1.807, 2.05) is 0 Å². The molecule has 0 radical (unpaired) electrons. The Labute approximate surface area is 197 Å². The van der Waals surface area contributed by atoms with Crippen LogP contribution < -0.4 is 16.0 Å². The zero-order valence-corrected chi connectivity index (χ0v) is 19.2. The minimum Gasteiger partial charge on any atom is -0.481 e. The SMILES string of the molecule is CC(C)C(=O)Nc1ccc(C(=O)NCCCCCNC(=O)N(O)[C@@H](CCC(=O)O)C(=O)O)cc1. The van der Waals surface area contributed by atoms with Crippen LogP contribution >= 0.6 is 0 Å². The van der Waals surface area contributed by atoms with Gasteiger partial charge in [-0.2, -0.15) is 5.06 Å². The number of anilines is 1. The number of carboxylic acids is 2. The molecule has 1 aromatic rings. The van der Waals surface area contributed by atoms with Crippen molar-refractivity contribution in [1.82, 2.24) is 15.7 Å². The Kier molecular flexibility index (Phi) is 12.1. The average molecular weight is 481 g/mol. The lowest BCUT2D eigenvalue weighted by Crippen LogP contribution is -2.48. The molecule has 0 spiro atoms. The van der Waals surface area contributed by atoms with Crippen LogP contribution in [0.1, 0.15) is 56.3 Å². The maximum atomic E-state index is 12.2. The van der Waals surface area contributed by atoms with Gasteiger partial charge in [-0.15, -0.1) is 0 Å². The fourth-order valence-electron chi connectivity index (χ4n) is 2.75. The number of nitrogens with one attached hydrogen (secondary N) is 3. The molecule has 1 rings (SSSR count). The van der Waals surface area contributed by atoms with Crippen LogP contribution in [-0.4, -0.2) is 69.4 Å². The second kappa shape index (κ2) is 14.5. The number of hydrogen-bond acceptors (Lipinski definition) is 6. The zero-order valence-electron chi connectivity index (χ0n) is 19.2. The van der Waals surface area contributed by atoms with Gasteiger partial charge < -0.3 is 26.2 Å². The van der Waals surface area contributed by atoms with Crippen LogP contribution in [0, 0.1) is 5.92 Å². The van der Waals surface area contributed by atoms with E-state index in [1.165, 1.54) is 0 Å². The summed E-state index contributed by atoms with van der Waals surface area (Å²) in [5.41, 5.74) is 1.06. The van der Waals surface area contributed by atoms with Crippen molar-refractivity contribution < 1.29 is 39.4 Å². The van der Waals surface area contributed by atoms with Crippen molar-refractivity contribution in [3.8, 4) is 0 Å². The number of carboxylic acid groups (broad SMARTS) is 2. The maximum absolute atomic E-state index is 12.2. The van der Waals surface area contributed by atoms with Gasteiger partial charge in [0.15, 0.2) is 6.04 Å². The molecule has 0 heterocycles. The van der Waals surface area contributed by atoms with Gasteiger partial charge in [0.25, 0.3) is 5.91 Å². The number of carbonyl (C=O) groups is 5. The normalized spacial score (nSPS) is 11.4. The van der Waals surface area contributed by atoms with Crippen LogP contribution in [0.4, 0.5) is 10.5 Å². The molecule has 6 N–H and O–H groups in total. The highest BCUT2D eigenvalue weighted by molar-refractivity contribution is 5.96. The first kappa shape index (κ1) is 28.4. The van der Waals surface area contributed by atoms with E-state index in [1.54, 1.807) is 38.1 Å². The highest BCUT2D eigenvalue weighted by Crippen LogP contribution is 2.11. The highest BCUT2D eigenvalue weighted by Gasteiger charge is 2.29. The molecule has 0 aliphatic carbocycles. The maximum Gasteiger partial charge on any atom is 0.341 e. The molecule has 0 unspecified atom stereocenters. The number of aliphatic carboxylic acids is 2. The van der Waals surface area contributed by atoms with Crippen LogP contribution in [0.2, 0.25) is 0 Å². The van der Waals surface area contributed by atoms with Gasteiger partial charge in [-0.25, -0.2) is 9.59 Å². The van der Waals surface area contributed by atoms with Crippen LogP contribution in [0.15, 0.2) is 24.3 Å². The van der Waals surface area contributed by atoms with Gasteiger partial charge in [0.05, 0.1) is 0 Å². The van der Waals surface area contributed by atoms with Crippen molar-refractivity contribution in [2.75, 3.05) is 18.4 Å². The van der Waals surface area contributed by atoms with Gasteiger partial charge in [0.1, 0.15) is 0 Å². The third kappa shape index (κ3) is 10.3. The van der Waals surface area contributed by atoms with Gasteiger partial charge >= 0.3 is 18.0 Å². The summed E-state index contributed by atoms with van der Waals surface area (Å²) in [6, 6.07) is 3.84. The molecule has 0 fully saturated rings. The lowest BCUT2D eigenvalue weighted by Gasteiger charge is -2.22. The molecule has 1 aromatic carbocycles. The first-order valence-corrected chi connectivity index (χ1v) is 10.9. The Morgan fingerprint density at radius 1 is 0.912 bits per heavy atom. The predicted molar refractivity (Wildman–Crippen MR) is 121 cm³/mol. The number of benzene rings is 1. The summed E-state index contributed by atoms with van der Waals surface area (Å²) in [5, 5.41) is 35.3. The lowest BCUT2D eigenvalue weighted by atomic mass is 10.1. The van der Waals surface area contributed by atoms with Gasteiger partial charge in [-0.05, 0) is 49.9 Å². The molecule has 0 bridgehead atoms. The van der Waals surface area contributed by atoms with E-state index in [9.17, 15) is 29.2 Å². The number of rotatable bonds is 14. The van der Waals surface area contributed by atoms with E-state index in [-0.39, 0.29) is 29.3 Å². The van der Waals surface area contributed by atoms with Gasteiger partial charge in [-0.3, -0.25) is 19.6 Å². The van der Waals surface area contributed by atoms with Crippen LogP contribution in [0.3, 0.4) is 0 Å². The Bertz CT molecular complexity index is 857. The number of nitrogens with zero attached hydrogens (tertiary/aromatic N) is 1. The van der Waals surface area contributed by atoms with E-state index in [0.29, 0.717) is 37.1 Å². The van der Waals surface area contributed by atoms with E-state index in [0.717, 1.165) is 0 Å². The molecule has 12 heteroatoms. The van der Waals surface area contributed by atoms with Gasteiger partial charge in [0, 0.05) is 36.7 Å². The van der Waals surface area contributed by atoms with Crippen molar-refractivity contribution in [3.63, 3.8) is 0 Å². The van der Waals surface area contributed by atoms with Crippen LogP contribution in [-0.2, 0) is 14.4 Å². The van der Waals surface area contributed by atoms with Crippen LogP contribution in [0.25, 0.3) is 0 Å². The molecule has 34 heavy (non-hydrogen) atoms. The summed E-state index contributed by atoms with van der Waals surface area (Å²) in [4.78, 5) is 57.4. The van der Waals surface area contributed by atoms with Crippen LogP contribution in [0.5, 0.6) is 0 Å². The topological polar surface area (TPSA) is 185 Å². The second-order valence-corrected chi connectivity index (χ2v) is 7.90. The molecule has 0 aliphatic heterocycles. The Morgan fingerprint density at radius 2 is 1.50 bits per heavy atom. The van der Waals surface area contributed by atoms with Gasteiger partial charge in [-0.1, -0.05) is 13.8 Å². The number of amides is 4. The lowest BCUT2D eigenvalue weighted by molar-refractivity contribution is -0.158. The number of unbranched alkanes of at least 4 members (excludes halogenated alkanes) is 2. The van der Waals surface area contributed by atoms with Crippen molar-refractivity contribution in [2.24, 2.45) is 5.92 Å². The summed E-state index contributed by atoms with van der Waals surface area (Å²) >= 11 is 0. The Balaban J connectivity index is 2.27. The predicted octanol–water partition coefficient (Wildman–Crippen LogP) is 1.90. The third-order valence-electron chi connectivity index (χ3n) is 4.77. The van der Waals surface area contributed by atoms with E-state index in [4.69, 9.17) is 10.2 Å². The fourth-order valence-corrected chi connectivity index (χ4v) is 2.75. The first-order valence-electron chi connectivity index (χ1n) is 10.9. The Hall–Kier alpha value is -3.67. The number of hydroxylamine groups is 2. The Morgan fingerprint density at radius 3 is 2.03 bits per heavy atom. The highest BCUT2D eigenvalue weighted by atomic mass is 16.5. The molecular weight excluding hydrogens is 448 g/mol. The summed E-state index contributed by atoms with van der Waals surface area (Å²) in [6.45, 7) is 4.14. The molecule has 188 valence electrons. The fraction of sp³-hybridized carbons (Fsp3) is 0.500. The summed E-state index contributed by atoms with van der Waals surface area (Å²) < 4.78 is 0. The van der Waals surface area contributed by atoms with E-state index < -0.39 is 36.9 Å². The third-order valence-corrected chi connectivity index (χ3v) is 4.77. The quantitative estimate of drug-likeness (QED) is 0.132. The monoisotopic (exact) mass is 480 g/mol. The molecule has 0 saturated carbocycles. The number of urea groups is 1. The second-order valence-electron chi connectivity index (χ2n) is 7.90. The van der Waals surface area contributed by atoms with Gasteiger partial charge in [0.2, 0.25) is 5.91 Å². The van der Waals surface area contributed by atoms with Crippen molar-refractivity contribution >= 4 is 35.5 Å². The summed E-state index contributed by atoms with van der Waals surface area (Å²) in [7, 11) is 0. The standard InChI is InChI=1S/C22H32N4O8/c1-14(2)19(29)25-16-8-6-15(7-9-16)20(30)23-12-4-3-5-13-24-22(33)26(34)17(21(31)32)10-11-18(27)28/h6-9,14,17,34H,3-5,10-13H2,1-2H3,(H,23,30)(H,24,33)(H,25,29)(H,27,28)(H,31,32)/t17-/m0/s1. The zero-order chi connectivity index (χ0) is 25.7. The smallest absolute Gasteiger partial charge is 0.341 e. The number of hydrogen-bond donors (Lipinski definition) is 6. The molecule has 0 aromatic heterocycles. The molecule has 4 amide bonds. The minimum absolute atomic E-state index is 0.00890. The molecule has 1 atom stereocenters. The summed E-state index contributed by atoms with van der Waals surface area (Å²) in [5.74, 6) is -3.26. The molecule has 0 aliphatic rings.